The number of nitrogens with zero attached hydrogens (tertiary/aromatic N) is 3. The van der Waals surface area contributed by atoms with Crippen LogP contribution >= 0.6 is 0 Å². The highest BCUT2D eigenvalue weighted by molar-refractivity contribution is 5.89. The number of aryl methyl sites for hydroxylation is 1. The molecule has 2 atom stereocenters. The Morgan fingerprint density at radius 1 is 1.15 bits per heavy atom. The second-order valence-electron chi connectivity index (χ2n) is 8.53. The van der Waals surface area contributed by atoms with E-state index in [1.165, 1.54) is 47.0 Å². The third-order valence-corrected chi connectivity index (χ3v) is 6.97. The second kappa shape index (κ2) is 6.12. The van der Waals surface area contributed by atoms with Gasteiger partial charge in [-0.25, -0.2) is 0 Å². The molecule has 2 unspecified atom stereocenters. The van der Waals surface area contributed by atoms with Crippen molar-refractivity contribution >= 4 is 16.8 Å². The maximum atomic E-state index is 13.0. The van der Waals surface area contributed by atoms with Gasteiger partial charge in [0.2, 0.25) is 5.91 Å². The molecule has 2 fully saturated rings. The van der Waals surface area contributed by atoms with E-state index >= 15 is 0 Å². The van der Waals surface area contributed by atoms with Gasteiger partial charge < -0.3 is 9.47 Å². The monoisotopic (exact) mass is 351 g/mol. The van der Waals surface area contributed by atoms with Gasteiger partial charge in [-0.3, -0.25) is 9.69 Å². The summed E-state index contributed by atoms with van der Waals surface area (Å²) in [5.41, 5.74) is 5.50. The molecule has 0 saturated carbocycles. The first-order valence-corrected chi connectivity index (χ1v) is 10.2. The van der Waals surface area contributed by atoms with Crippen LogP contribution in [0.1, 0.15) is 55.0 Å². The minimum Gasteiger partial charge on any atom is -0.341 e. The Kier molecular flexibility index (Phi) is 3.85. The predicted octanol–water partition coefficient (Wildman–Crippen LogP) is 3.65. The molecule has 5 rings (SSSR count). The Labute approximate surface area is 155 Å². The lowest BCUT2D eigenvalue weighted by atomic mass is 9.97. The number of piperidine rings is 1. The van der Waals surface area contributed by atoms with Crippen molar-refractivity contribution in [2.24, 2.45) is 0 Å². The SMILES string of the molecule is Cc1ccc2c(c1)c1c(n2CC(=O)N2CCCCC2)CC2CCC1N2C. The highest BCUT2D eigenvalue weighted by Gasteiger charge is 2.41. The predicted molar refractivity (Wildman–Crippen MR) is 104 cm³/mol. The maximum absolute atomic E-state index is 13.0. The fourth-order valence-corrected chi connectivity index (χ4v) is 5.53. The normalized spacial score (nSPS) is 25.7. The molecule has 3 aliphatic rings. The molecule has 4 nitrogen and oxygen atoms in total. The molecule has 4 heteroatoms. The van der Waals surface area contributed by atoms with E-state index in [-0.39, 0.29) is 0 Å². The Bertz CT molecular complexity index is 862. The van der Waals surface area contributed by atoms with Gasteiger partial charge in [0.05, 0.1) is 0 Å². The minimum absolute atomic E-state index is 0.302. The fourth-order valence-electron chi connectivity index (χ4n) is 5.53. The Balaban J connectivity index is 1.59. The van der Waals surface area contributed by atoms with Crippen LogP contribution < -0.4 is 0 Å². The summed E-state index contributed by atoms with van der Waals surface area (Å²) in [5.74, 6) is 0.302. The number of carbonyl (C=O) groups is 1. The smallest absolute Gasteiger partial charge is 0.242 e. The molecule has 1 aromatic heterocycles. The molecule has 2 aromatic rings. The molecule has 1 aromatic carbocycles. The maximum Gasteiger partial charge on any atom is 0.242 e. The molecule has 0 N–H and O–H groups in total. The minimum atomic E-state index is 0.302. The van der Waals surface area contributed by atoms with Gasteiger partial charge in [-0.1, -0.05) is 11.6 Å². The third kappa shape index (κ3) is 2.42. The van der Waals surface area contributed by atoms with Gasteiger partial charge in [0.15, 0.2) is 0 Å². The van der Waals surface area contributed by atoms with Crippen molar-refractivity contribution in [1.82, 2.24) is 14.4 Å². The van der Waals surface area contributed by atoms with Crippen molar-refractivity contribution in [2.75, 3.05) is 20.1 Å². The van der Waals surface area contributed by atoms with Gasteiger partial charge in [-0.05, 0) is 63.8 Å². The molecule has 4 heterocycles. The van der Waals surface area contributed by atoms with Crippen molar-refractivity contribution in [3.8, 4) is 0 Å². The van der Waals surface area contributed by atoms with E-state index in [1.807, 2.05) is 0 Å². The van der Waals surface area contributed by atoms with E-state index < -0.39 is 0 Å². The number of hydrogen-bond donors (Lipinski definition) is 0. The average Bonchev–Trinajstić information content (AvgIpc) is 3.06. The topological polar surface area (TPSA) is 28.5 Å². The van der Waals surface area contributed by atoms with E-state index in [0.29, 0.717) is 24.5 Å². The standard InChI is InChI=1S/C22H29N3O/c1-15-6-8-18-17(12-15)22-19-9-7-16(23(19)2)13-20(22)25(18)14-21(26)24-10-4-3-5-11-24/h6,8,12,16,19H,3-5,7,9-11,13-14H2,1-2H3. The van der Waals surface area contributed by atoms with Crippen molar-refractivity contribution < 1.29 is 4.79 Å². The van der Waals surface area contributed by atoms with Gasteiger partial charge in [-0.2, -0.15) is 0 Å². The zero-order valence-electron chi connectivity index (χ0n) is 16.0. The Hall–Kier alpha value is -1.81. The summed E-state index contributed by atoms with van der Waals surface area (Å²) in [6, 6.07) is 7.93. The number of rotatable bonds is 2. The lowest BCUT2D eigenvalue weighted by molar-refractivity contribution is -0.132. The zero-order valence-corrected chi connectivity index (χ0v) is 16.0. The number of likely N-dealkylation sites (N-methyl/N-ethyl adjacent to an activating group) is 1. The largest absolute Gasteiger partial charge is 0.341 e. The van der Waals surface area contributed by atoms with E-state index in [9.17, 15) is 4.79 Å². The highest BCUT2D eigenvalue weighted by atomic mass is 16.2. The van der Waals surface area contributed by atoms with Crippen molar-refractivity contribution in [2.45, 2.75) is 64.1 Å². The summed E-state index contributed by atoms with van der Waals surface area (Å²) in [7, 11) is 2.28. The van der Waals surface area contributed by atoms with E-state index in [1.54, 1.807) is 0 Å². The molecule has 3 aliphatic heterocycles. The van der Waals surface area contributed by atoms with Crippen LogP contribution in [-0.2, 0) is 17.8 Å². The molecule has 138 valence electrons. The first kappa shape index (κ1) is 16.4. The number of hydrogen-bond acceptors (Lipinski definition) is 2. The van der Waals surface area contributed by atoms with Gasteiger partial charge >= 0.3 is 0 Å². The summed E-state index contributed by atoms with van der Waals surface area (Å²) >= 11 is 0. The number of benzene rings is 1. The molecule has 2 saturated heterocycles. The highest BCUT2D eigenvalue weighted by Crippen LogP contribution is 2.46. The summed E-state index contributed by atoms with van der Waals surface area (Å²) in [6.45, 7) is 4.56. The van der Waals surface area contributed by atoms with Gasteiger partial charge in [0.25, 0.3) is 0 Å². The zero-order chi connectivity index (χ0) is 17.8. The number of likely N-dealkylation sites (tertiary alicyclic amines) is 1. The molecular weight excluding hydrogens is 322 g/mol. The lowest BCUT2D eigenvalue weighted by Gasteiger charge is -2.33. The third-order valence-electron chi connectivity index (χ3n) is 6.97. The molecule has 2 bridgehead atoms. The average molecular weight is 351 g/mol. The van der Waals surface area contributed by atoms with Crippen LogP contribution in [0.2, 0.25) is 0 Å². The first-order chi connectivity index (χ1) is 12.6. The quantitative estimate of drug-likeness (QED) is 0.826. The summed E-state index contributed by atoms with van der Waals surface area (Å²) in [4.78, 5) is 17.7. The van der Waals surface area contributed by atoms with Crippen molar-refractivity contribution in [3.63, 3.8) is 0 Å². The first-order valence-electron chi connectivity index (χ1n) is 10.2. The summed E-state index contributed by atoms with van der Waals surface area (Å²) in [6.07, 6.45) is 7.20. The number of fused-ring (bicyclic) bond motifs is 6. The van der Waals surface area contributed by atoms with E-state index in [4.69, 9.17) is 0 Å². The van der Waals surface area contributed by atoms with Gasteiger partial charge in [0, 0.05) is 48.2 Å². The second-order valence-corrected chi connectivity index (χ2v) is 8.53. The van der Waals surface area contributed by atoms with Crippen LogP contribution in [0.4, 0.5) is 0 Å². The number of carbonyl (C=O) groups excluding carboxylic acids is 1. The van der Waals surface area contributed by atoms with Crippen LogP contribution in [0, 0.1) is 6.92 Å². The van der Waals surface area contributed by atoms with E-state index in [2.05, 4.69) is 46.5 Å². The van der Waals surface area contributed by atoms with Crippen LogP contribution in [0.25, 0.3) is 10.9 Å². The van der Waals surface area contributed by atoms with Gasteiger partial charge in [0.1, 0.15) is 6.54 Å². The van der Waals surface area contributed by atoms with E-state index in [0.717, 1.165) is 32.4 Å². The molecular formula is C22H29N3O. The molecule has 0 aliphatic carbocycles. The fraction of sp³-hybridized carbons (Fsp3) is 0.591. The Morgan fingerprint density at radius 2 is 1.96 bits per heavy atom. The van der Waals surface area contributed by atoms with Crippen molar-refractivity contribution in [1.29, 1.82) is 0 Å². The molecule has 0 radical (unpaired) electrons. The summed E-state index contributed by atoms with van der Waals surface area (Å²) < 4.78 is 2.36. The van der Waals surface area contributed by atoms with Crippen LogP contribution in [0.5, 0.6) is 0 Å². The summed E-state index contributed by atoms with van der Waals surface area (Å²) in [5, 5.41) is 1.38. The molecule has 0 spiro atoms. The molecule has 1 amide bonds. The number of amides is 1. The van der Waals surface area contributed by atoms with Crippen LogP contribution in [-0.4, -0.2) is 46.5 Å². The van der Waals surface area contributed by atoms with Gasteiger partial charge in [-0.15, -0.1) is 0 Å². The Morgan fingerprint density at radius 3 is 2.77 bits per heavy atom. The van der Waals surface area contributed by atoms with Crippen molar-refractivity contribution in [3.05, 3.63) is 35.0 Å². The number of aromatic nitrogens is 1. The van der Waals surface area contributed by atoms with Crippen LogP contribution in [0.3, 0.4) is 0 Å². The lowest BCUT2D eigenvalue weighted by Crippen LogP contribution is -2.39. The molecule has 26 heavy (non-hydrogen) atoms. The van der Waals surface area contributed by atoms with Crippen LogP contribution in [0.15, 0.2) is 18.2 Å².